The third kappa shape index (κ3) is 4.04. The van der Waals surface area contributed by atoms with Crippen LogP contribution in [0.3, 0.4) is 0 Å². The van der Waals surface area contributed by atoms with Crippen LogP contribution in [-0.2, 0) is 0 Å². The van der Waals surface area contributed by atoms with E-state index < -0.39 is 5.60 Å². The maximum atomic E-state index is 10.2. The summed E-state index contributed by atoms with van der Waals surface area (Å²) in [7, 11) is 0. The first-order chi connectivity index (χ1) is 9.50. The molecule has 112 valence electrons. The number of benzene rings is 1. The average Bonchev–Trinajstić information content (AvgIpc) is 2.57. The number of nitrogen functional groups attached to an aromatic ring is 1. The molecule has 4 heteroatoms. The number of rotatable bonds is 4. The Morgan fingerprint density at radius 1 is 1.30 bits per heavy atom. The molecule has 0 radical (unpaired) electrons. The number of hydrogen-bond acceptors (Lipinski definition) is 4. The van der Waals surface area contributed by atoms with E-state index in [0.717, 1.165) is 55.9 Å². The second-order valence-electron chi connectivity index (χ2n) is 5.95. The van der Waals surface area contributed by atoms with Gasteiger partial charge in [0.05, 0.1) is 12.2 Å². The number of anilines is 2. The normalized spacial score (nSPS) is 23.4. The van der Waals surface area contributed by atoms with E-state index in [2.05, 4.69) is 11.8 Å². The minimum absolute atomic E-state index is 0.545. The number of ether oxygens (including phenoxy) is 1. The molecule has 2 rings (SSSR count). The molecular formula is C16H26N2O2. The Labute approximate surface area is 121 Å². The molecule has 0 aliphatic carbocycles. The van der Waals surface area contributed by atoms with E-state index in [-0.39, 0.29) is 0 Å². The summed E-state index contributed by atoms with van der Waals surface area (Å²) >= 11 is 0. The molecule has 1 atom stereocenters. The minimum atomic E-state index is -0.545. The van der Waals surface area contributed by atoms with Gasteiger partial charge in [-0.2, -0.15) is 0 Å². The first-order valence-corrected chi connectivity index (χ1v) is 7.51. The van der Waals surface area contributed by atoms with Gasteiger partial charge in [0.1, 0.15) is 5.75 Å². The van der Waals surface area contributed by atoms with Crippen LogP contribution in [0.5, 0.6) is 5.75 Å². The van der Waals surface area contributed by atoms with Gasteiger partial charge in [-0.1, -0.05) is 6.92 Å². The smallest absolute Gasteiger partial charge is 0.123 e. The molecule has 1 unspecified atom stereocenters. The molecule has 1 fully saturated rings. The van der Waals surface area contributed by atoms with Crippen LogP contribution in [0.4, 0.5) is 11.4 Å². The highest BCUT2D eigenvalue weighted by Gasteiger charge is 2.25. The van der Waals surface area contributed by atoms with E-state index in [0.29, 0.717) is 6.61 Å². The molecule has 0 spiro atoms. The van der Waals surface area contributed by atoms with Gasteiger partial charge in [-0.05, 0) is 38.7 Å². The van der Waals surface area contributed by atoms with Crippen molar-refractivity contribution in [1.29, 1.82) is 0 Å². The summed E-state index contributed by atoms with van der Waals surface area (Å²) in [5.41, 5.74) is 7.25. The van der Waals surface area contributed by atoms with Crippen molar-refractivity contribution in [2.45, 2.75) is 45.1 Å². The first kappa shape index (κ1) is 15.0. The van der Waals surface area contributed by atoms with Crippen molar-refractivity contribution in [2.24, 2.45) is 0 Å². The lowest BCUT2D eigenvalue weighted by Gasteiger charge is -2.25. The van der Waals surface area contributed by atoms with E-state index in [4.69, 9.17) is 10.5 Å². The highest BCUT2D eigenvalue weighted by Crippen LogP contribution is 2.29. The largest absolute Gasteiger partial charge is 0.493 e. The lowest BCUT2D eigenvalue weighted by Crippen LogP contribution is -2.28. The molecule has 0 aromatic heterocycles. The number of nitrogens with two attached hydrogens (primary N) is 1. The molecule has 1 aromatic rings. The fraction of sp³-hybridized carbons (Fsp3) is 0.625. The molecule has 20 heavy (non-hydrogen) atoms. The average molecular weight is 278 g/mol. The van der Waals surface area contributed by atoms with Crippen molar-refractivity contribution in [1.82, 2.24) is 0 Å². The Morgan fingerprint density at radius 3 is 2.85 bits per heavy atom. The third-order valence-corrected chi connectivity index (χ3v) is 3.82. The predicted octanol–water partition coefficient (Wildman–Crippen LogP) is 2.80. The third-order valence-electron chi connectivity index (χ3n) is 3.82. The number of aliphatic hydroxyl groups is 1. The lowest BCUT2D eigenvalue weighted by molar-refractivity contribution is 0.0481. The van der Waals surface area contributed by atoms with Crippen molar-refractivity contribution in [2.75, 3.05) is 30.3 Å². The summed E-state index contributed by atoms with van der Waals surface area (Å²) in [6.45, 7) is 6.52. The first-order valence-electron chi connectivity index (χ1n) is 7.51. The SMILES string of the molecule is CCCOc1cc(N)cc(N2CCCC(C)(O)CC2)c1. The number of nitrogens with zero attached hydrogens (tertiary/aromatic N) is 1. The topological polar surface area (TPSA) is 58.7 Å². The Bertz CT molecular complexity index is 446. The maximum Gasteiger partial charge on any atom is 0.123 e. The lowest BCUT2D eigenvalue weighted by atomic mass is 9.98. The molecule has 1 aliphatic rings. The molecule has 0 bridgehead atoms. The minimum Gasteiger partial charge on any atom is -0.493 e. The summed E-state index contributed by atoms with van der Waals surface area (Å²) in [4.78, 5) is 2.29. The molecule has 0 saturated carbocycles. The molecule has 4 nitrogen and oxygen atoms in total. The van der Waals surface area contributed by atoms with Gasteiger partial charge in [-0.25, -0.2) is 0 Å². The standard InChI is InChI=1S/C16H26N2O2/c1-3-9-20-15-11-13(17)10-14(12-15)18-7-4-5-16(2,19)6-8-18/h10-12,19H,3-9,17H2,1-2H3. The highest BCUT2D eigenvalue weighted by atomic mass is 16.5. The van der Waals surface area contributed by atoms with Crippen molar-refractivity contribution >= 4 is 11.4 Å². The fourth-order valence-electron chi connectivity index (χ4n) is 2.61. The molecule has 3 N–H and O–H groups in total. The van der Waals surface area contributed by atoms with Crippen molar-refractivity contribution in [3.8, 4) is 5.75 Å². The van der Waals surface area contributed by atoms with Crippen LogP contribution in [0.15, 0.2) is 18.2 Å². The molecule has 1 heterocycles. The van der Waals surface area contributed by atoms with Crippen molar-refractivity contribution < 1.29 is 9.84 Å². The van der Waals surface area contributed by atoms with Crippen LogP contribution in [-0.4, -0.2) is 30.4 Å². The van der Waals surface area contributed by atoms with Gasteiger partial charge in [0, 0.05) is 36.6 Å². The van der Waals surface area contributed by atoms with Crippen molar-refractivity contribution in [3.63, 3.8) is 0 Å². The Kier molecular flexibility index (Phi) is 4.76. The van der Waals surface area contributed by atoms with Gasteiger partial charge in [0.15, 0.2) is 0 Å². The summed E-state index contributed by atoms with van der Waals surface area (Å²) < 4.78 is 5.68. The summed E-state index contributed by atoms with van der Waals surface area (Å²) in [6.07, 6.45) is 3.61. The maximum absolute atomic E-state index is 10.2. The van der Waals surface area contributed by atoms with Gasteiger partial charge >= 0.3 is 0 Å². The quantitative estimate of drug-likeness (QED) is 0.832. The zero-order valence-corrected chi connectivity index (χ0v) is 12.6. The summed E-state index contributed by atoms with van der Waals surface area (Å²) in [5.74, 6) is 0.831. The fourth-order valence-corrected chi connectivity index (χ4v) is 2.61. The Balaban J connectivity index is 2.13. The van der Waals surface area contributed by atoms with Gasteiger partial charge in [0.25, 0.3) is 0 Å². The Morgan fingerprint density at radius 2 is 2.10 bits per heavy atom. The molecule has 0 amide bonds. The second kappa shape index (κ2) is 6.35. The second-order valence-corrected chi connectivity index (χ2v) is 5.95. The number of hydrogen-bond donors (Lipinski definition) is 2. The van der Waals surface area contributed by atoms with Crippen LogP contribution >= 0.6 is 0 Å². The van der Waals surface area contributed by atoms with Gasteiger partial charge in [-0.15, -0.1) is 0 Å². The van der Waals surface area contributed by atoms with Crippen molar-refractivity contribution in [3.05, 3.63) is 18.2 Å². The van der Waals surface area contributed by atoms with Crippen LogP contribution in [0.25, 0.3) is 0 Å². The van der Waals surface area contributed by atoms with Gasteiger partial charge in [0.2, 0.25) is 0 Å². The zero-order chi connectivity index (χ0) is 14.6. The van der Waals surface area contributed by atoms with Gasteiger partial charge < -0.3 is 20.5 Å². The van der Waals surface area contributed by atoms with E-state index in [1.54, 1.807) is 0 Å². The summed E-state index contributed by atoms with van der Waals surface area (Å²) in [6, 6.07) is 5.90. The van der Waals surface area contributed by atoms with E-state index in [9.17, 15) is 5.11 Å². The molecule has 1 aromatic carbocycles. The summed E-state index contributed by atoms with van der Waals surface area (Å²) in [5, 5.41) is 10.2. The van der Waals surface area contributed by atoms with E-state index >= 15 is 0 Å². The Hall–Kier alpha value is -1.42. The van der Waals surface area contributed by atoms with Crippen LogP contribution in [0.1, 0.15) is 39.5 Å². The monoisotopic (exact) mass is 278 g/mol. The zero-order valence-electron chi connectivity index (χ0n) is 12.6. The molecular weight excluding hydrogens is 252 g/mol. The van der Waals surface area contributed by atoms with E-state index in [1.807, 2.05) is 25.1 Å². The van der Waals surface area contributed by atoms with Crippen LogP contribution in [0.2, 0.25) is 0 Å². The van der Waals surface area contributed by atoms with Crippen LogP contribution < -0.4 is 15.4 Å². The molecule has 1 aliphatic heterocycles. The van der Waals surface area contributed by atoms with E-state index in [1.165, 1.54) is 0 Å². The van der Waals surface area contributed by atoms with Crippen LogP contribution in [0, 0.1) is 0 Å². The molecule has 1 saturated heterocycles. The predicted molar refractivity (Wildman–Crippen MR) is 83.3 cm³/mol. The van der Waals surface area contributed by atoms with Gasteiger partial charge in [-0.3, -0.25) is 0 Å². The highest BCUT2D eigenvalue weighted by molar-refractivity contribution is 5.60.